The summed E-state index contributed by atoms with van der Waals surface area (Å²) in [7, 11) is -0.234. The summed E-state index contributed by atoms with van der Waals surface area (Å²) in [6.07, 6.45) is 4.47. The molecule has 2 saturated heterocycles. The van der Waals surface area contributed by atoms with Crippen LogP contribution < -0.4 is 5.43 Å². The minimum atomic E-state index is -0.271. The molecule has 0 aliphatic carbocycles. The maximum atomic E-state index is 6.11. The van der Waals surface area contributed by atoms with Gasteiger partial charge in [0.1, 0.15) is 0 Å². The van der Waals surface area contributed by atoms with E-state index in [1.165, 1.54) is 5.47 Å². The van der Waals surface area contributed by atoms with E-state index in [2.05, 4.69) is 44.3 Å². The Kier molecular flexibility index (Phi) is 4.07. The van der Waals surface area contributed by atoms with Crippen molar-refractivity contribution in [2.45, 2.75) is 51.7 Å². The standard InChI is InChI=1S/C15H27BN2O3/c1-14(2)15(3,4)21-16(20-14)13-9-17-18(11-13)10-12-5-7-19-8-6-12/h11-12,17H,5-10H2,1-4H3. The van der Waals surface area contributed by atoms with Crippen molar-refractivity contribution < 1.29 is 14.0 Å². The van der Waals surface area contributed by atoms with Gasteiger partial charge in [-0.2, -0.15) is 0 Å². The van der Waals surface area contributed by atoms with Gasteiger partial charge in [0.15, 0.2) is 0 Å². The molecule has 0 amide bonds. The first-order valence-corrected chi connectivity index (χ1v) is 8.01. The summed E-state index contributed by atoms with van der Waals surface area (Å²) < 4.78 is 17.6. The van der Waals surface area contributed by atoms with Gasteiger partial charge in [-0.15, -0.1) is 0 Å². The second-order valence-electron chi connectivity index (χ2n) is 7.34. The summed E-state index contributed by atoms with van der Waals surface area (Å²) in [6, 6.07) is 0. The van der Waals surface area contributed by atoms with Crippen LogP contribution in [0.2, 0.25) is 0 Å². The monoisotopic (exact) mass is 294 g/mol. The summed E-state index contributed by atoms with van der Waals surface area (Å²) in [4.78, 5) is 0. The van der Waals surface area contributed by atoms with Gasteiger partial charge in [0.05, 0.1) is 11.2 Å². The highest BCUT2D eigenvalue weighted by Gasteiger charge is 2.52. The number of ether oxygens (including phenoxy) is 1. The molecule has 2 fully saturated rings. The third-order valence-corrected chi connectivity index (χ3v) is 5.16. The van der Waals surface area contributed by atoms with Crippen molar-refractivity contribution in [2.75, 3.05) is 26.3 Å². The highest BCUT2D eigenvalue weighted by Crippen LogP contribution is 2.38. The molecule has 5 nitrogen and oxygen atoms in total. The van der Waals surface area contributed by atoms with Crippen molar-refractivity contribution in [3.8, 4) is 0 Å². The highest BCUT2D eigenvalue weighted by atomic mass is 16.7. The minimum Gasteiger partial charge on any atom is -0.399 e. The highest BCUT2D eigenvalue weighted by molar-refractivity contribution is 6.54. The Labute approximate surface area is 128 Å². The predicted octanol–water partition coefficient (Wildman–Crippen LogP) is 1.75. The molecule has 3 aliphatic rings. The van der Waals surface area contributed by atoms with Crippen LogP contribution in [0.5, 0.6) is 0 Å². The van der Waals surface area contributed by atoms with Gasteiger partial charge in [0.25, 0.3) is 0 Å². The van der Waals surface area contributed by atoms with Crippen molar-refractivity contribution in [3.05, 3.63) is 11.7 Å². The fourth-order valence-electron chi connectivity index (χ4n) is 2.95. The first-order chi connectivity index (χ1) is 9.87. The quantitative estimate of drug-likeness (QED) is 0.803. The molecule has 0 aromatic carbocycles. The van der Waals surface area contributed by atoms with E-state index in [1.807, 2.05) is 0 Å². The minimum absolute atomic E-state index is 0.234. The number of nitrogens with one attached hydrogen (secondary N) is 1. The van der Waals surface area contributed by atoms with Gasteiger partial charge in [-0.3, -0.25) is 0 Å². The number of rotatable bonds is 3. The number of hydrogen-bond acceptors (Lipinski definition) is 5. The van der Waals surface area contributed by atoms with Crippen LogP contribution in [0.4, 0.5) is 0 Å². The Morgan fingerprint density at radius 1 is 1.19 bits per heavy atom. The molecule has 3 aliphatic heterocycles. The lowest BCUT2D eigenvalue weighted by atomic mass is 9.79. The molecule has 3 rings (SSSR count). The van der Waals surface area contributed by atoms with E-state index in [4.69, 9.17) is 14.0 Å². The Hall–Kier alpha value is -0.555. The summed E-state index contributed by atoms with van der Waals surface area (Å²) in [5.41, 5.74) is 4.06. The van der Waals surface area contributed by atoms with E-state index in [1.54, 1.807) is 0 Å². The smallest absolute Gasteiger partial charge is 0.399 e. The Balaban J connectivity index is 1.59. The first-order valence-electron chi connectivity index (χ1n) is 8.01. The summed E-state index contributed by atoms with van der Waals surface area (Å²) in [5.74, 6) is 0.708. The normalized spacial score (nSPS) is 29.0. The zero-order valence-electron chi connectivity index (χ0n) is 13.6. The maximum Gasteiger partial charge on any atom is 0.493 e. The van der Waals surface area contributed by atoms with Crippen LogP contribution >= 0.6 is 0 Å². The maximum absolute atomic E-state index is 6.11. The van der Waals surface area contributed by atoms with Gasteiger partial charge in [-0.1, -0.05) is 0 Å². The fourth-order valence-corrected chi connectivity index (χ4v) is 2.95. The first kappa shape index (κ1) is 15.3. The van der Waals surface area contributed by atoms with Crippen molar-refractivity contribution in [1.82, 2.24) is 10.4 Å². The summed E-state index contributed by atoms with van der Waals surface area (Å²) >= 11 is 0. The van der Waals surface area contributed by atoms with Crippen LogP contribution in [0.3, 0.4) is 0 Å². The second-order valence-corrected chi connectivity index (χ2v) is 7.34. The van der Waals surface area contributed by atoms with Crippen molar-refractivity contribution in [2.24, 2.45) is 5.92 Å². The number of hydrogen-bond donors (Lipinski definition) is 1. The van der Waals surface area contributed by atoms with E-state index in [0.717, 1.165) is 39.1 Å². The molecule has 0 atom stereocenters. The molecule has 0 spiro atoms. The van der Waals surface area contributed by atoms with Crippen molar-refractivity contribution >= 4 is 7.12 Å². The zero-order chi connectivity index (χ0) is 15.1. The third-order valence-electron chi connectivity index (χ3n) is 5.16. The molecule has 0 saturated carbocycles. The van der Waals surface area contributed by atoms with Gasteiger partial charge in [-0.25, -0.2) is 5.43 Å². The molecule has 0 radical (unpaired) electrons. The summed E-state index contributed by atoms with van der Waals surface area (Å²) in [5, 5.41) is 2.19. The molecule has 6 heteroatoms. The van der Waals surface area contributed by atoms with E-state index < -0.39 is 0 Å². The van der Waals surface area contributed by atoms with E-state index in [-0.39, 0.29) is 18.3 Å². The largest absolute Gasteiger partial charge is 0.493 e. The van der Waals surface area contributed by atoms with E-state index in [9.17, 15) is 0 Å². The van der Waals surface area contributed by atoms with Gasteiger partial charge in [-0.05, 0) is 51.9 Å². The third kappa shape index (κ3) is 3.14. The molecule has 0 unspecified atom stereocenters. The van der Waals surface area contributed by atoms with Crippen molar-refractivity contribution in [1.29, 1.82) is 0 Å². The second kappa shape index (κ2) is 5.58. The van der Waals surface area contributed by atoms with Crippen LogP contribution in [-0.2, 0) is 14.0 Å². The molecule has 3 heterocycles. The SMILES string of the molecule is CC1(C)OB(C2=CN(CC3CCOCC3)NC2)OC1(C)C. The van der Waals surface area contributed by atoms with Gasteiger partial charge in [0.2, 0.25) is 0 Å². The molecular weight excluding hydrogens is 267 g/mol. The fraction of sp³-hybridized carbons (Fsp3) is 0.867. The van der Waals surface area contributed by atoms with Crippen LogP contribution in [0, 0.1) is 5.92 Å². The molecule has 21 heavy (non-hydrogen) atoms. The zero-order valence-corrected chi connectivity index (χ0v) is 13.6. The van der Waals surface area contributed by atoms with E-state index >= 15 is 0 Å². The summed E-state index contributed by atoms with van der Waals surface area (Å²) in [6.45, 7) is 12.0. The number of nitrogens with zero attached hydrogens (tertiary/aromatic N) is 1. The molecule has 0 aromatic heterocycles. The average molecular weight is 294 g/mol. The Bertz CT molecular complexity index is 403. The lowest BCUT2D eigenvalue weighted by molar-refractivity contribution is 0.00578. The lowest BCUT2D eigenvalue weighted by Gasteiger charge is -2.32. The molecule has 0 aromatic rings. The molecule has 0 bridgehead atoms. The van der Waals surface area contributed by atoms with E-state index in [0.29, 0.717) is 5.92 Å². The predicted molar refractivity (Wildman–Crippen MR) is 82.4 cm³/mol. The molecule has 1 N–H and O–H groups in total. The van der Waals surface area contributed by atoms with Crippen molar-refractivity contribution in [3.63, 3.8) is 0 Å². The lowest BCUT2D eigenvalue weighted by Crippen LogP contribution is -2.41. The topological polar surface area (TPSA) is 43.0 Å². The number of hydrazine groups is 1. The Morgan fingerprint density at radius 3 is 2.43 bits per heavy atom. The van der Waals surface area contributed by atoms with Gasteiger partial charge in [0, 0.05) is 32.5 Å². The molecule has 118 valence electrons. The van der Waals surface area contributed by atoms with Crippen LogP contribution in [0.25, 0.3) is 0 Å². The van der Waals surface area contributed by atoms with Crippen LogP contribution in [0.1, 0.15) is 40.5 Å². The molecular formula is C15H27BN2O3. The van der Waals surface area contributed by atoms with Crippen LogP contribution in [-0.4, -0.2) is 49.6 Å². The van der Waals surface area contributed by atoms with Gasteiger partial charge < -0.3 is 19.1 Å². The Morgan fingerprint density at radius 2 is 1.81 bits per heavy atom. The average Bonchev–Trinajstić information content (AvgIpc) is 2.94. The van der Waals surface area contributed by atoms with Gasteiger partial charge >= 0.3 is 7.12 Å². The van der Waals surface area contributed by atoms with Crippen LogP contribution in [0.15, 0.2) is 11.7 Å².